The van der Waals surface area contributed by atoms with Gasteiger partial charge < -0.3 is 0 Å². The molecule has 0 aliphatic heterocycles. The lowest BCUT2D eigenvalue weighted by Crippen LogP contribution is -2.34. The van der Waals surface area contributed by atoms with Gasteiger partial charge in [0, 0.05) is 9.31 Å². The largest absolute Gasteiger partial charge is 0.0830 e. The van der Waals surface area contributed by atoms with Crippen molar-refractivity contribution in [2.24, 2.45) is 11.8 Å². The summed E-state index contributed by atoms with van der Waals surface area (Å²) < 4.78 is 1.37. The van der Waals surface area contributed by atoms with Gasteiger partial charge in [-0.25, -0.2) is 0 Å². The van der Waals surface area contributed by atoms with Crippen molar-refractivity contribution >= 4 is 31.9 Å². The maximum atomic E-state index is 3.64. The first-order valence-electron chi connectivity index (χ1n) is 3.28. The average molecular weight is 252 g/mol. The van der Waals surface area contributed by atoms with Crippen LogP contribution in [-0.4, -0.2) is 4.83 Å². The molecule has 1 unspecified atom stereocenters. The Morgan fingerprint density at radius 2 is 2.11 bits per heavy atom. The second-order valence-corrected chi connectivity index (χ2v) is 4.85. The molecule has 3 aliphatic carbocycles. The summed E-state index contributed by atoms with van der Waals surface area (Å²) in [5, 5.41) is 0. The van der Waals surface area contributed by atoms with Crippen molar-refractivity contribution in [3.63, 3.8) is 0 Å². The van der Waals surface area contributed by atoms with Crippen molar-refractivity contribution in [3.8, 4) is 0 Å². The minimum atomic E-state index is 0.627. The summed E-state index contributed by atoms with van der Waals surface area (Å²) in [7, 11) is 0. The van der Waals surface area contributed by atoms with Crippen LogP contribution < -0.4 is 0 Å². The minimum absolute atomic E-state index is 0.627. The molecule has 1 saturated carbocycles. The summed E-state index contributed by atoms with van der Waals surface area (Å²) in [6.07, 6.45) is 5.16. The molecule has 0 nitrogen and oxygen atoms in total. The molecule has 3 aliphatic rings. The van der Waals surface area contributed by atoms with Gasteiger partial charge in [0.2, 0.25) is 0 Å². The molecule has 0 spiro atoms. The van der Waals surface area contributed by atoms with E-state index in [-0.39, 0.29) is 0 Å². The molecule has 0 heterocycles. The van der Waals surface area contributed by atoms with Crippen LogP contribution in [0.4, 0.5) is 0 Å². The van der Waals surface area contributed by atoms with Crippen LogP contribution in [0, 0.1) is 11.8 Å². The Kier molecular flexibility index (Phi) is 1.49. The van der Waals surface area contributed by atoms with E-state index in [0.29, 0.717) is 4.83 Å². The first-order chi connectivity index (χ1) is 4.27. The first kappa shape index (κ1) is 6.41. The molecule has 0 aromatic rings. The summed E-state index contributed by atoms with van der Waals surface area (Å²) in [5.41, 5.74) is 0. The molecule has 2 heteroatoms. The lowest BCUT2D eigenvalue weighted by Gasteiger charge is -2.41. The highest BCUT2D eigenvalue weighted by molar-refractivity contribution is 9.14. The fraction of sp³-hybridized carbons (Fsp3) is 0.714. The summed E-state index contributed by atoms with van der Waals surface area (Å²) in [5.74, 6) is 1.83. The Morgan fingerprint density at radius 1 is 1.44 bits per heavy atom. The molecule has 3 rings (SSSR count). The maximum absolute atomic E-state index is 3.64. The lowest BCUT2D eigenvalue weighted by molar-refractivity contribution is 0.231. The Hall–Kier alpha value is 0.700. The number of rotatable bonds is 0. The predicted octanol–water partition coefficient (Wildman–Crippen LogP) is 3.07. The molecular formula is C7H8Br2. The first-order valence-corrected chi connectivity index (χ1v) is 4.99. The van der Waals surface area contributed by atoms with Crippen molar-refractivity contribution in [3.05, 3.63) is 10.6 Å². The molecule has 0 aromatic heterocycles. The lowest BCUT2D eigenvalue weighted by atomic mass is 9.69. The quantitative estimate of drug-likeness (QED) is 0.581. The van der Waals surface area contributed by atoms with Crippen LogP contribution >= 0.6 is 31.9 Å². The van der Waals surface area contributed by atoms with E-state index in [2.05, 4.69) is 37.9 Å². The van der Waals surface area contributed by atoms with Gasteiger partial charge in [-0.05, 0) is 24.7 Å². The van der Waals surface area contributed by atoms with Gasteiger partial charge >= 0.3 is 0 Å². The maximum Gasteiger partial charge on any atom is 0.0486 e. The molecule has 0 aromatic carbocycles. The summed E-state index contributed by atoms with van der Waals surface area (Å²) in [6, 6.07) is 0. The van der Waals surface area contributed by atoms with Crippen molar-refractivity contribution in [1.82, 2.24) is 0 Å². The van der Waals surface area contributed by atoms with Crippen LogP contribution in [0.15, 0.2) is 10.6 Å². The Balaban J connectivity index is 2.24. The normalized spacial score (nSPS) is 47.8. The summed E-state index contributed by atoms with van der Waals surface area (Å²) >= 11 is 7.18. The third kappa shape index (κ3) is 0.911. The fourth-order valence-corrected chi connectivity index (χ4v) is 2.96. The van der Waals surface area contributed by atoms with Gasteiger partial charge in [0.25, 0.3) is 0 Å². The SMILES string of the molecule is BrC1=CC2CC(C2)C1Br. The highest BCUT2D eigenvalue weighted by atomic mass is 79.9. The zero-order chi connectivity index (χ0) is 6.43. The van der Waals surface area contributed by atoms with E-state index in [9.17, 15) is 0 Å². The third-order valence-corrected chi connectivity index (χ3v) is 4.90. The second kappa shape index (κ2) is 2.09. The predicted molar refractivity (Wildman–Crippen MR) is 45.9 cm³/mol. The Bertz CT molecular complexity index is 156. The summed E-state index contributed by atoms with van der Waals surface area (Å²) in [6.45, 7) is 0. The molecule has 1 fully saturated rings. The molecule has 0 amide bonds. The number of hydrogen-bond acceptors (Lipinski definition) is 0. The number of alkyl halides is 1. The van der Waals surface area contributed by atoms with Crippen LogP contribution in [0.5, 0.6) is 0 Å². The van der Waals surface area contributed by atoms with E-state index in [4.69, 9.17) is 0 Å². The molecule has 0 N–H and O–H groups in total. The van der Waals surface area contributed by atoms with E-state index in [1.165, 1.54) is 17.3 Å². The van der Waals surface area contributed by atoms with Crippen LogP contribution in [0.25, 0.3) is 0 Å². The van der Waals surface area contributed by atoms with E-state index in [1.807, 2.05) is 0 Å². The second-order valence-electron chi connectivity index (χ2n) is 2.94. The molecule has 0 radical (unpaired) electrons. The molecule has 1 atom stereocenters. The van der Waals surface area contributed by atoms with Gasteiger partial charge in [0.15, 0.2) is 0 Å². The van der Waals surface area contributed by atoms with Crippen molar-refractivity contribution < 1.29 is 0 Å². The van der Waals surface area contributed by atoms with Gasteiger partial charge in [-0.3, -0.25) is 0 Å². The molecular weight excluding hydrogens is 244 g/mol. The highest BCUT2D eigenvalue weighted by Crippen LogP contribution is 2.48. The highest BCUT2D eigenvalue weighted by Gasteiger charge is 2.38. The number of hydrogen-bond donors (Lipinski definition) is 0. The van der Waals surface area contributed by atoms with E-state index in [1.54, 1.807) is 0 Å². The Labute approximate surface area is 72.0 Å². The van der Waals surface area contributed by atoms with E-state index >= 15 is 0 Å². The molecule has 9 heavy (non-hydrogen) atoms. The Morgan fingerprint density at radius 3 is 2.44 bits per heavy atom. The third-order valence-electron chi connectivity index (χ3n) is 2.28. The van der Waals surface area contributed by atoms with Gasteiger partial charge in [0.05, 0.1) is 0 Å². The minimum Gasteiger partial charge on any atom is -0.0830 e. The van der Waals surface area contributed by atoms with E-state index < -0.39 is 0 Å². The van der Waals surface area contributed by atoms with E-state index in [0.717, 1.165) is 11.8 Å². The fourth-order valence-electron chi connectivity index (χ4n) is 1.63. The van der Waals surface area contributed by atoms with Crippen LogP contribution in [0.2, 0.25) is 0 Å². The average Bonchev–Trinajstić information content (AvgIpc) is 1.72. The van der Waals surface area contributed by atoms with Crippen molar-refractivity contribution in [2.45, 2.75) is 17.7 Å². The van der Waals surface area contributed by atoms with Crippen molar-refractivity contribution in [2.75, 3.05) is 0 Å². The zero-order valence-electron chi connectivity index (χ0n) is 4.98. The standard InChI is InChI=1S/C7H8Br2/c8-6-3-4-1-5(2-4)7(6)9/h3-5,7H,1-2H2. The monoisotopic (exact) mass is 250 g/mol. The van der Waals surface area contributed by atoms with Gasteiger partial charge in [0.1, 0.15) is 0 Å². The molecule has 50 valence electrons. The smallest absolute Gasteiger partial charge is 0.0486 e. The van der Waals surface area contributed by atoms with Crippen molar-refractivity contribution in [1.29, 1.82) is 0 Å². The number of allylic oxidation sites excluding steroid dienone is 2. The zero-order valence-corrected chi connectivity index (χ0v) is 8.15. The summed E-state index contributed by atoms with van der Waals surface area (Å²) in [4.78, 5) is 0.627. The molecule has 0 saturated heterocycles. The van der Waals surface area contributed by atoms with Crippen LogP contribution in [0.3, 0.4) is 0 Å². The number of fused-ring (bicyclic) bond motifs is 1. The van der Waals surface area contributed by atoms with Gasteiger partial charge in [-0.1, -0.05) is 37.9 Å². The van der Waals surface area contributed by atoms with Gasteiger partial charge in [-0.2, -0.15) is 0 Å². The van der Waals surface area contributed by atoms with Crippen LogP contribution in [0.1, 0.15) is 12.8 Å². The topological polar surface area (TPSA) is 0 Å². The van der Waals surface area contributed by atoms with Crippen LogP contribution in [-0.2, 0) is 0 Å². The number of halogens is 2. The van der Waals surface area contributed by atoms with Gasteiger partial charge in [-0.15, -0.1) is 0 Å². The molecule has 2 bridgehead atoms.